The van der Waals surface area contributed by atoms with Crippen LogP contribution >= 0.6 is 11.8 Å². The van der Waals surface area contributed by atoms with Crippen LogP contribution in [-0.4, -0.2) is 32.2 Å². The molecule has 0 bridgehead atoms. The number of aliphatic hydroxyl groups excluding tert-OH is 1. The topological polar surface area (TPSA) is 60.2 Å². The van der Waals surface area contributed by atoms with Gasteiger partial charge in [0.25, 0.3) is 0 Å². The number of benzene rings is 1. The van der Waals surface area contributed by atoms with E-state index in [0.29, 0.717) is 6.61 Å². The maximum Gasteiger partial charge on any atom is 0.191 e. The van der Waals surface area contributed by atoms with Gasteiger partial charge in [0.15, 0.2) is 11.0 Å². The first-order chi connectivity index (χ1) is 9.81. The number of ether oxygens (including phenoxy) is 1. The summed E-state index contributed by atoms with van der Waals surface area (Å²) in [5, 5.41) is 17.9. The molecule has 1 aromatic carbocycles. The molecule has 0 atom stereocenters. The normalized spacial score (nSPS) is 10.7. The molecule has 0 spiro atoms. The third-order valence-electron chi connectivity index (χ3n) is 2.82. The molecule has 108 valence electrons. The molecule has 0 aliphatic heterocycles. The van der Waals surface area contributed by atoms with Gasteiger partial charge >= 0.3 is 0 Å². The Balaban J connectivity index is 1.85. The van der Waals surface area contributed by atoms with Gasteiger partial charge in [0, 0.05) is 19.4 Å². The van der Waals surface area contributed by atoms with E-state index < -0.39 is 0 Å². The van der Waals surface area contributed by atoms with Crippen molar-refractivity contribution < 1.29 is 9.84 Å². The summed E-state index contributed by atoms with van der Waals surface area (Å²) in [6, 6.07) is 9.67. The molecule has 0 saturated carbocycles. The molecule has 0 radical (unpaired) electrons. The Morgan fingerprint density at radius 3 is 2.75 bits per heavy atom. The monoisotopic (exact) mass is 293 g/mol. The minimum atomic E-state index is 0.246. The standard InChI is InChI=1S/C14H19N3O2S/c1-17-13(11-19-12-7-3-2-4-8-12)15-16-14(17)20-10-6-5-9-18/h2-4,7-8,18H,5-6,9-11H2,1H3. The highest BCUT2D eigenvalue weighted by Crippen LogP contribution is 2.18. The lowest BCUT2D eigenvalue weighted by Gasteiger charge is -2.06. The Labute approximate surface area is 123 Å². The van der Waals surface area contributed by atoms with E-state index in [1.807, 2.05) is 41.9 Å². The highest BCUT2D eigenvalue weighted by atomic mass is 32.2. The van der Waals surface area contributed by atoms with Crippen molar-refractivity contribution >= 4 is 11.8 Å². The maximum atomic E-state index is 8.74. The van der Waals surface area contributed by atoms with E-state index in [4.69, 9.17) is 9.84 Å². The summed E-state index contributed by atoms with van der Waals surface area (Å²) in [5.41, 5.74) is 0. The van der Waals surface area contributed by atoms with Crippen LogP contribution in [-0.2, 0) is 13.7 Å². The van der Waals surface area contributed by atoms with Crippen LogP contribution in [0.1, 0.15) is 18.7 Å². The summed E-state index contributed by atoms with van der Waals surface area (Å²) >= 11 is 1.65. The third-order valence-corrected chi connectivity index (χ3v) is 3.93. The summed E-state index contributed by atoms with van der Waals surface area (Å²) < 4.78 is 7.61. The molecule has 6 heteroatoms. The lowest BCUT2D eigenvalue weighted by atomic mass is 10.3. The molecule has 0 amide bonds. The molecule has 20 heavy (non-hydrogen) atoms. The Morgan fingerprint density at radius 2 is 2.00 bits per heavy atom. The molecule has 5 nitrogen and oxygen atoms in total. The number of unbranched alkanes of at least 4 members (excludes halogenated alkanes) is 1. The zero-order valence-corrected chi connectivity index (χ0v) is 12.3. The lowest BCUT2D eigenvalue weighted by Crippen LogP contribution is -2.04. The first-order valence-electron chi connectivity index (χ1n) is 6.61. The summed E-state index contributed by atoms with van der Waals surface area (Å²) in [6.07, 6.45) is 1.80. The van der Waals surface area contributed by atoms with Crippen molar-refractivity contribution in [1.29, 1.82) is 0 Å². The SMILES string of the molecule is Cn1c(COc2ccccc2)nnc1SCCCCO. The van der Waals surface area contributed by atoms with E-state index in [0.717, 1.165) is 35.3 Å². The number of aromatic nitrogens is 3. The van der Waals surface area contributed by atoms with Gasteiger partial charge in [0.1, 0.15) is 12.4 Å². The van der Waals surface area contributed by atoms with Gasteiger partial charge in [-0.2, -0.15) is 0 Å². The number of para-hydroxylation sites is 1. The lowest BCUT2D eigenvalue weighted by molar-refractivity contribution is 0.287. The Morgan fingerprint density at radius 1 is 1.20 bits per heavy atom. The Hall–Kier alpha value is -1.53. The van der Waals surface area contributed by atoms with Gasteiger partial charge in [-0.3, -0.25) is 0 Å². The third kappa shape index (κ3) is 4.25. The molecule has 1 heterocycles. The first-order valence-corrected chi connectivity index (χ1v) is 7.59. The fraction of sp³-hybridized carbons (Fsp3) is 0.429. The highest BCUT2D eigenvalue weighted by Gasteiger charge is 2.09. The van der Waals surface area contributed by atoms with Crippen molar-refractivity contribution in [2.75, 3.05) is 12.4 Å². The average Bonchev–Trinajstić information content (AvgIpc) is 2.83. The van der Waals surface area contributed by atoms with Crippen LogP contribution in [0, 0.1) is 0 Å². The molecule has 2 rings (SSSR count). The molecular weight excluding hydrogens is 274 g/mol. The van der Waals surface area contributed by atoms with Gasteiger partial charge in [-0.05, 0) is 25.0 Å². The predicted molar refractivity (Wildman–Crippen MR) is 78.8 cm³/mol. The van der Waals surface area contributed by atoms with Crippen LogP contribution in [0.15, 0.2) is 35.5 Å². The van der Waals surface area contributed by atoms with Crippen LogP contribution in [0.3, 0.4) is 0 Å². The van der Waals surface area contributed by atoms with E-state index in [1.165, 1.54) is 0 Å². The van der Waals surface area contributed by atoms with E-state index in [9.17, 15) is 0 Å². The van der Waals surface area contributed by atoms with E-state index in [1.54, 1.807) is 11.8 Å². The number of hydrogen-bond donors (Lipinski definition) is 1. The van der Waals surface area contributed by atoms with Gasteiger partial charge < -0.3 is 14.4 Å². The van der Waals surface area contributed by atoms with Crippen molar-refractivity contribution in [1.82, 2.24) is 14.8 Å². The molecule has 0 saturated heterocycles. The minimum Gasteiger partial charge on any atom is -0.486 e. The van der Waals surface area contributed by atoms with Crippen molar-refractivity contribution in [2.45, 2.75) is 24.6 Å². The van der Waals surface area contributed by atoms with Crippen LogP contribution in [0.4, 0.5) is 0 Å². The molecule has 0 fully saturated rings. The van der Waals surface area contributed by atoms with Gasteiger partial charge in [0.2, 0.25) is 0 Å². The zero-order chi connectivity index (χ0) is 14.2. The predicted octanol–water partition coefficient (Wildman–Crippen LogP) is 2.26. The second-order valence-corrected chi connectivity index (χ2v) is 5.40. The van der Waals surface area contributed by atoms with Crippen molar-refractivity contribution in [2.24, 2.45) is 7.05 Å². The van der Waals surface area contributed by atoms with Crippen LogP contribution in [0.2, 0.25) is 0 Å². The molecule has 0 aliphatic carbocycles. The second-order valence-electron chi connectivity index (χ2n) is 4.34. The molecule has 0 aliphatic rings. The molecule has 1 aromatic heterocycles. The minimum absolute atomic E-state index is 0.246. The number of hydrogen-bond acceptors (Lipinski definition) is 5. The van der Waals surface area contributed by atoms with Gasteiger partial charge in [-0.15, -0.1) is 10.2 Å². The van der Waals surface area contributed by atoms with Crippen LogP contribution in [0.25, 0.3) is 0 Å². The van der Waals surface area contributed by atoms with Crippen LogP contribution in [0.5, 0.6) is 5.75 Å². The number of aliphatic hydroxyl groups is 1. The highest BCUT2D eigenvalue weighted by molar-refractivity contribution is 7.99. The summed E-state index contributed by atoms with van der Waals surface area (Å²) in [7, 11) is 1.94. The maximum absolute atomic E-state index is 8.74. The number of thioether (sulfide) groups is 1. The zero-order valence-electron chi connectivity index (χ0n) is 11.5. The summed E-state index contributed by atoms with van der Waals surface area (Å²) in [4.78, 5) is 0. The number of rotatable bonds is 8. The smallest absolute Gasteiger partial charge is 0.191 e. The van der Waals surface area contributed by atoms with Gasteiger partial charge in [0.05, 0.1) is 0 Å². The van der Waals surface area contributed by atoms with Gasteiger partial charge in [-0.1, -0.05) is 30.0 Å². The summed E-state index contributed by atoms with van der Waals surface area (Å²) in [5.74, 6) is 2.57. The Bertz CT molecular complexity index is 516. The Kier molecular flexibility index (Phi) is 5.88. The van der Waals surface area contributed by atoms with E-state index >= 15 is 0 Å². The van der Waals surface area contributed by atoms with Gasteiger partial charge in [-0.25, -0.2) is 0 Å². The quantitative estimate of drug-likeness (QED) is 0.597. The molecule has 2 aromatic rings. The average molecular weight is 293 g/mol. The van der Waals surface area contributed by atoms with Crippen molar-refractivity contribution in [3.8, 4) is 5.75 Å². The molecular formula is C14H19N3O2S. The van der Waals surface area contributed by atoms with E-state index in [-0.39, 0.29) is 6.61 Å². The van der Waals surface area contributed by atoms with Crippen molar-refractivity contribution in [3.05, 3.63) is 36.2 Å². The molecule has 0 unspecified atom stereocenters. The summed E-state index contributed by atoms with van der Waals surface area (Å²) in [6.45, 7) is 0.653. The number of nitrogens with zero attached hydrogens (tertiary/aromatic N) is 3. The molecule has 1 N–H and O–H groups in total. The van der Waals surface area contributed by atoms with E-state index in [2.05, 4.69) is 10.2 Å². The first kappa shape index (κ1) is 14.9. The largest absolute Gasteiger partial charge is 0.486 e. The fourth-order valence-corrected chi connectivity index (χ4v) is 2.57. The van der Waals surface area contributed by atoms with Crippen LogP contribution < -0.4 is 4.74 Å². The van der Waals surface area contributed by atoms with Crippen molar-refractivity contribution in [3.63, 3.8) is 0 Å². The fourth-order valence-electron chi connectivity index (χ4n) is 1.64. The second kappa shape index (κ2) is 7.91.